The second kappa shape index (κ2) is 9.23. The molecule has 0 bridgehead atoms. The zero-order valence-electron chi connectivity index (χ0n) is 17.2. The maximum Gasteiger partial charge on any atom is 0.411 e. The molecule has 0 radical (unpaired) electrons. The molecule has 0 fully saturated rings. The van der Waals surface area contributed by atoms with Crippen LogP contribution in [0.2, 0.25) is 5.02 Å². The number of carbonyl (C=O) groups is 2. The molecular weight excluding hydrogens is 412 g/mol. The van der Waals surface area contributed by atoms with Gasteiger partial charge in [0.1, 0.15) is 12.6 Å². The number of anilines is 1. The zero-order chi connectivity index (χ0) is 21.8. The Balaban J connectivity index is 1.55. The average molecular weight is 435 g/mol. The van der Waals surface area contributed by atoms with E-state index in [1.54, 1.807) is 12.1 Å². The summed E-state index contributed by atoms with van der Waals surface area (Å²) in [7, 11) is 0. The summed E-state index contributed by atoms with van der Waals surface area (Å²) in [6.07, 6.45) is -0.0940. The minimum absolute atomic E-state index is 0.152. The third-order valence-corrected chi connectivity index (χ3v) is 5.68. The van der Waals surface area contributed by atoms with Crippen LogP contribution in [0.5, 0.6) is 0 Å². The van der Waals surface area contributed by atoms with Crippen molar-refractivity contribution in [3.63, 3.8) is 0 Å². The number of carbonyl (C=O) groups excluding carboxylic acids is 2. The average Bonchev–Trinajstić information content (AvgIpc) is 2.79. The van der Waals surface area contributed by atoms with Gasteiger partial charge in [-0.1, -0.05) is 72.3 Å². The number of aryl methyl sites for hydroxylation is 1. The van der Waals surface area contributed by atoms with Crippen LogP contribution in [-0.4, -0.2) is 22.9 Å². The molecule has 0 saturated carbocycles. The van der Waals surface area contributed by atoms with Crippen LogP contribution in [0.1, 0.15) is 22.3 Å². The summed E-state index contributed by atoms with van der Waals surface area (Å²) in [4.78, 5) is 27.7. The fraction of sp³-hybridized carbons (Fsp3) is 0.200. The van der Waals surface area contributed by atoms with Crippen molar-refractivity contribution in [2.45, 2.75) is 32.5 Å². The predicted molar refractivity (Wildman–Crippen MR) is 121 cm³/mol. The number of rotatable bonds is 4. The lowest BCUT2D eigenvalue weighted by atomic mass is 9.93. The summed E-state index contributed by atoms with van der Waals surface area (Å²) in [5.41, 5.74) is 4.49. The van der Waals surface area contributed by atoms with Crippen LogP contribution in [0.4, 0.5) is 10.5 Å². The Kier molecular flexibility index (Phi) is 6.23. The molecule has 2 amide bonds. The monoisotopic (exact) mass is 434 g/mol. The summed E-state index contributed by atoms with van der Waals surface area (Å²) < 4.78 is 5.54. The van der Waals surface area contributed by atoms with Gasteiger partial charge in [0, 0.05) is 17.1 Å². The number of amides is 2. The lowest BCUT2D eigenvalue weighted by molar-refractivity contribution is -0.121. The SMILES string of the molecule is Cc1ccc(Cl)cc1NC(=O)[C@@H]1Cc2ccccc2CN1C(=O)OCc1ccccc1. The third-order valence-electron chi connectivity index (χ3n) is 5.45. The van der Waals surface area contributed by atoms with Crippen molar-refractivity contribution in [2.24, 2.45) is 0 Å². The number of hydrogen-bond acceptors (Lipinski definition) is 3. The van der Waals surface area contributed by atoms with Crippen LogP contribution in [-0.2, 0) is 29.1 Å². The van der Waals surface area contributed by atoms with Gasteiger partial charge in [-0.3, -0.25) is 9.69 Å². The summed E-state index contributed by atoms with van der Waals surface area (Å²) in [6.45, 7) is 2.37. The molecule has 1 aliphatic heterocycles. The highest BCUT2D eigenvalue weighted by Crippen LogP contribution is 2.26. The van der Waals surface area contributed by atoms with E-state index in [2.05, 4.69) is 5.32 Å². The standard InChI is InChI=1S/C25H23ClN2O3/c1-17-11-12-21(26)14-22(17)27-24(29)23-13-19-9-5-6-10-20(19)15-28(23)25(30)31-16-18-7-3-2-4-8-18/h2-12,14,23H,13,15-16H2,1H3,(H,27,29)/t23-/m0/s1. The number of nitrogens with one attached hydrogen (secondary N) is 1. The van der Waals surface area contributed by atoms with E-state index < -0.39 is 12.1 Å². The maximum absolute atomic E-state index is 13.2. The van der Waals surface area contributed by atoms with Crippen LogP contribution < -0.4 is 5.32 Å². The molecule has 31 heavy (non-hydrogen) atoms. The minimum atomic E-state index is -0.684. The van der Waals surface area contributed by atoms with Crippen molar-refractivity contribution in [3.05, 3.63) is 100 Å². The van der Waals surface area contributed by atoms with E-state index in [-0.39, 0.29) is 12.5 Å². The Hall–Kier alpha value is -3.31. The van der Waals surface area contributed by atoms with Crippen LogP contribution >= 0.6 is 11.6 Å². The van der Waals surface area contributed by atoms with Crippen LogP contribution in [0.25, 0.3) is 0 Å². The van der Waals surface area contributed by atoms with Gasteiger partial charge in [-0.25, -0.2) is 4.79 Å². The first-order valence-electron chi connectivity index (χ1n) is 10.1. The van der Waals surface area contributed by atoms with E-state index in [0.717, 1.165) is 22.3 Å². The molecule has 0 saturated heterocycles. The van der Waals surface area contributed by atoms with Crippen LogP contribution in [0, 0.1) is 6.92 Å². The van der Waals surface area contributed by atoms with E-state index in [1.165, 1.54) is 4.90 Å². The molecule has 0 spiro atoms. The Bertz CT molecular complexity index is 1100. The number of hydrogen-bond donors (Lipinski definition) is 1. The molecular formula is C25H23ClN2O3. The van der Waals surface area contributed by atoms with E-state index in [4.69, 9.17) is 16.3 Å². The quantitative estimate of drug-likeness (QED) is 0.602. The smallest absolute Gasteiger partial charge is 0.411 e. The Morgan fingerprint density at radius 2 is 1.74 bits per heavy atom. The van der Waals surface area contributed by atoms with Gasteiger partial charge in [-0.05, 0) is 41.3 Å². The summed E-state index contributed by atoms with van der Waals surface area (Å²) >= 11 is 6.10. The molecule has 5 nitrogen and oxygen atoms in total. The molecule has 0 aromatic heterocycles. The highest BCUT2D eigenvalue weighted by Gasteiger charge is 2.35. The number of benzene rings is 3. The van der Waals surface area contributed by atoms with Gasteiger partial charge in [0.2, 0.25) is 5.91 Å². The summed E-state index contributed by atoms with van der Waals surface area (Å²) in [5, 5.41) is 3.47. The van der Waals surface area contributed by atoms with Gasteiger partial charge < -0.3 is 10.1 Å². The van der Waals surface area contributed by atoms with E-state index in [0.29, 0.717) is 23.7 Å². The molecule has 0 unspecified atom stereocenters. The first-order chi connectivity index (χ1) is 15.0. The van der Waals surface area contributed by atoms with Gasteiger partial charge in [0.25, 0.3) is 0 Å². The number of fused-ring (bicyclic) bond motifs is 1. The Morgan fingerprint density at radius 1 is 1.03 bits per heavy atom. The molecule has 3 aromatic carbocycles. The van der Waals surface area contributed by atoms with Crippen molar-refractivity contribution in [2.75, 3.05) is 5.32 Å². The van der Waals surface area contributed by atoms with Crippen molar-refractivity contribution in [3.8, 4) is 0 Å². The van der Waals surface area contributed by atoms with Gasteiger partial charge >= 0.3 is 6.09 Å². The fourth-order valence-corrected chi connectivity index (χ4v) is 3.87. The third kappa shape index (κ3) is 4.89. The lowest BCUT2D eigenvalue weighted by Crippen LogP contribution is -2.50. The minimum Gasteiger partial charge on any atom is -0.445 e. The highest BCUT2D eigenvalue weighted by atomic mass is 35.5. The zero-order valence-corrected chi connectivity index (χ0v) is 17.9. The van der Waals surface area contributed by atoms with Gasteiger partial charge in [0.15, 0.2) is 0 Å². The molecule has 3 aromatic rings. The van der Waals surface area contributed by atoms with Crippen molar-refractivity contribution >= 4 is 29.3 Å². The molecule has 6 heteroatoms. The van der Waals surface area contributed by atoms with E-state index in [9.17, 15) is 9.59 Å². The first kappa shape index (κ1) is 20.9. The predicted octanol–water partition coefficient (Wildman–Crippen LogP) is 5.35. The number of nitrogens with zero attached hydrogens (tertiary/aromatic N) is 1. The van der Waals surface area contributed by atoms with Crippen molar-refractivity contribution in [1.82, 2.24) is 4.90 Å². The van der Waals surface area contributed by atoms with Crippen LogP contribution in [0.3, 0.4) is 0 Å². The molecule has 158 valence electrons. The lowest BCUT2D eigenvalue weighted by Gasteiger charge is -2.35. The Morgan fingerprint density at radius 3 is 2.52 bits per heavy atom. The maximum atomic E-state index is 13.2. The number of ether oxygens (including phenoxy) is 1. The molecule has 1 N–H and O–H groups in total. The molecule has 4 rings (SSSR count). The topological polar surface area (TPSA) is 58.6 Å². The summed E-state index contributed by atoms with van der Waals surface area (Å²) in [5.74, 6) is -0.267. The second-order valence-electron chi connectivity index (χ2n) is 7.61. The second-order valence-corrected chi connectivity index (χ2v) is 8.04. The van der Waals surface area contributed by atoms with Gasteiger partial charge in [-0.2, -0.15) is 0 Å². The molecule has 1 atom stereocenters. The Labute approximate surface area is 186 Å². The van der Waals surface area contributed by atoms with Crippen molar-refractivity contribution < 1.29 is 14.3 Å². The van der Waals surface area contributed by atoms with Gasteiger partial charge in [0.05, 0.1) is 6.54 Å². The van der Waals surface area contributed by atoms with Crippen LogP contribution in [0.15, 0.2) is 72.8 Å². The molecule has 1 aliphatic rings. The molecule has 1 heterocycles. The van der Waals surface area contributed by atoms with E-state index >= 15 is 0 Å². The largest absolute Gasteiger partial charge is 0.445 e. The first-order valence-corrected chi connectivity index (χ1v) is 10.5. The van der Waals surface area contributed by atoms with Gasteiger partial charge in [-0.15, -0.1) is 0 Å². The van der Waals surface area contributed by atoms with E-state index in [1.807, 2.05) is 67.6 Å². The fourth-order valence-electron chi connectivity index (χ4n) is 3.70. The highest BCUT2D eigenvalue weighted by molar-refractivity contribution is 6.31. The molecule has 0 aliphatic carbocycles. The number of halogens is 1. The summed E-state index contributed by atoms with van der Waals surface area (Å²) in [6, 6.07) is 22.0. The normalized spacial score (nSPS) is 15.2. The van der Waals surface area contributed by atoms with Crippen molar-refractivity contribution in [1.29, 1.82) is 0 Å².